The molecule has 1 aliphatic heterocycles. The van der Waals surface area contributed by atoms with Crippen LogP contribution in [-0.4, -0.2) is 46.8 Å². The van der Waals surface area contributed by atoms with Gasteiger partial charge in [-0.3, -0.25) is 14.5 Å². The molecule has 4 amide bonds. The second-order valence-electron chi connectivity index (χ2n) is 8.09. The van der Waals surface area contributed by atoms with Crippen LogP contribution in [0.25, 0.3) is 0 Å². The van der Waals surface area contributed by atoms with Crippen molar-refractivity contribution >= 4 is 17.8 Å². The molecule has 0 aromatic heterocycles. The molecule has 1 fully saturated rings. The van der Waals surface area contributed by atoms with Gasteiger partial charge in [-0.1, -0.05) is 74.5 Å². The number of urea groups is 1. The average Bonchev–Trinajstić information content (AvgIpc) is 2.99. The van der Waals surface area contributed by atoms with E-state index in [-0.39, 0.29) is 24.3 Å². The number of carbonyl (C=O) groups is 3. The van der Waals surface area contributed by atoms with Crippen molar-refractivity contribution in [1.82, 2.24) is 15.1 Å². The number of nitrogens with one attached hydrogen (secondary N) is 1. The molecule has 0 bridgehead atoms. The van der Waals surface area contributed by atoms with E-state index >= 15 is 0 Å². The predicted molar refractivity (Wildman–Crippen MR) is 115 cm³/mol. The lowest BCUT2D eigenvalue weighted by molar-refractivity contribution is -0.137. The minimum absolute atomic E-state index is 0.233. The van der Waals surface area contributed by atoms with Gasteiger partial charge in [0.25, 0.3) is 5.91 Å². The molecule has 1 atom stereocenters. The molecule has 3 rings (SSSR count). The summed E-state index contributed by atoms with van der Waals surface area (Å²) in [7, 11) is 0. The van der Waals surface area contributed by atoms with E-state index in [9.17, 15) is 14.4 Å². The molecule has 6 nitrogen and oxygen atoms in total. The van der Waals surface area contributed by atoms with Crippen molar-refractivity contribution in [3.8, 4) is 0 Å². The standard InChI is InChI=1S/C24H29N3O3/c1-18(2)15-21-23(29)27(24(30)25-21)17-22(28)26(16-20-11-7-4-8-12-20)14-13-19-9-5-3-6-10-19/h3-12,18,21H,13-17H2,1-2H3,(H,25,30)/t21-/m0/s1. The van der Waals surface area contributed by atoms with E-state index in [1.165, 1.54) is 0 Å². The van der Waals surface area contributed by atoms with Crippen molar-refractivity contribution in [3.63, 3.8) is 0 Å². The molecule has 0 saturated carbocycles. The van der Waals surface area contributed by atoms with Crippen molar-refractivity contribution in [3.05, 3.63) is 71.8 Å². The largest absolute Gasteiger partial charge is 0.336 e. The molecule has 0 aliphatic carbocycles. The molecule has 0 radical (unpaired) electrons. The van der Waals surface area contributed by atoms with Crippen LogP contribution in [0.4, 0.5) is 4.79 Å². The smallest absolute Gasteiger partial charge is 0.325 e. The van der Waals surface area contributed by atoms with E-state index in [0.717, 1.165) is 16.0 Å². The van der Waals surface area contributed by atoms with Gasteiger partial charge in [0, 0.05) is 13.1 Å². The third kappa shape index (κ3) is 5.69. The van der Waals surface area contributed by atoms with Gasteiger partial charge in [0.2, 0.25) is 5.91 Å². The molecule has 1 saturated heterocycles. The third-order valence-electron chi connectivity index (χ3n) is 5.19. The van der Waals surface area contributed by atoms with E-state index in [1.807, 2.05) is 74.5 Å². The summed E-state index contributed by atoms with van der Waals surface area (Å²) in [5.41, 5.74) is 2.14. The summed E-state index contributed by atoms with van der Waals surface area (Å²) in [5.74, 6) is -0.274. The molecule has 6 heteroatoms. The molecule has 0 unspecified atom stereocenters. The fourth-order valence-electron chi connectivity index (χ4n) is 3.60. The Morgan fingerprint density at radius 3 is 2.20 bits per heavy atom. The molecular formula is C24H29N3O3. The van der Waals surface area contributed by atoms with Crippen LogP contribution in [0.3, 0.4) is 0 Å². The number of benzene rings is 2. The highest BCUT2D eigenvalue weighted by atomic mass is 16.2. The van der Waals surface area contributed by atoms with E-state index in [0.29, 0.717) is 25.9 Å². The Kier molecular flexibility index (Phi) is 7.22. The van der Waals surface area contributed by atoms with Crippen LogP contribution >= 0.6 is 0 Å². The van der Waals surface area contributed by atoms with Crippen molar-refractivity contribution in [2.45, 2.75) is 39.3 Å². The molecular weight excluding hydrogens is 378 g/mol. The SMILES string of the molecule is CC(C)C[C@@H]1NC(=O)N(CC(=O)N(CCc2ccccc2)Cc2ccccc2)C1=O. The zero-order valence-corrected chi connectivity index (χ0v) is 17.6. The van der Waals surface area contributed by atoms with Crippen LogP contribution in [-0.2, 0) is 22.6 Å². The van der Waals surface area contributed by atoms with Crippen LogP contribution in [0.5, 0.6) is 0 Å². The maximum Gasteiger partial charge on any atom is 0.325 e. The topological polar surface area (TPSA) is 69.7 Å². The first kappa shape index (κ1) is 21.6. The van der Waals surface area contributed by atoms with Crippen LogP contribution in [0, 0.1) is 5.92 Å². The molecule has 1 aliphatic rings. The van der Waals surface area contributed by atoms with E-state index in [2.05, 4.69) is 5.32 Å². The number of imide groups is 1. The number of hydrogen-bond donors (Lipinski definition) is 1. The summed E-state index contributed by atoms with van der Waals surface area (Å²) >= 11 is 0. The van der Waals surface area contributed by atoms with Crippen molar-refractivity contribution < 1.29 is 14.4 Å². The second kappa shape index (κ2) is 10.1. The molecule has 1 heterocycles. The summed E-state index contributed by atoms with van der Waals surface area (Å²) in [4.78, 5) is 40.8. The van der Waals surface area contributed by atoms with E-state index in [4.69, 9.17) is 0 Å². The lowest BCUT2D eigenvalue weighted by atomic mass is 10.0. The van der Waals surface area contributed by atoms with Gasteiger partial charge in [-0.05, 0) is 29.9 Å². The van der Waals surface area contributed by atoms with Crippen LogP contribution in [0.2, 0.25) is 0 Å². The van der Waals surface area contributed by atoms with Gasteiger partial charge in [-0.2, -0.15) is 0 Å². The van der Waals surface area contributed by atoms with Crippen molar-refractivity contribution in [2.24, 2.45) is 5.92 Å². The fraction of sp³-hybridized carbons (Fsp3) is 0.375. The van der Waals surface area contributed by atoms with Gasteiger partial charge in [0.05, 0.1) is 0 Å². The number of amides is 4. The second-order valence-corrected chi connectivity index (χ2v) is 8.09. The lowest BCUT2D eigenvalue weighted by Crippen LogP contribution is -2.43. The number of nitrogens with zero attached hydrogens (tertiary/aromatic N) is 2. The van der Waals surface area contributed by atoms with Crippen molar-refractivity contribution in [2.75, 3.05) is 13.1 Å². The minimum atomic E-state index is -0.544. The summed E-state index contributed by atoms with van der Waals surface area (Å²) in [6.45, 7) is 4.71. The lowest BCUT2D eigenvalue weighted by Gasteiger charge is -2.25. The quantitative estimate of drug-likeness (QED) is 0.649. The molecule has 158 valence electrons. The Morgan fingerprint density at radius 1 is 1.00 bits per heavy atom. The Balaban J connectivity index is 1.69. The number of carbonyl (C=O) groups excluding carboxylic acids is 3. The van der Waals surface area contributed by atoms with Gasteiger partial charge in [0.15, 0.2) is 0 Å². The molecule has 2 aromatic carbocycles. The van der Waals surface area contributed by atoms with E-state index in [1.54, 1.807) is 4.90 Å². The fourth-order valence-corrected chi connectivity index (χ4v) is 3.60. The maximum atomic E-state index is 13.1. The van der Waals surface area contributed by atoms with E-state index < -0.39 is 12.1 Å². The van der Waals surface area contributed by atoms with Gasteiger partial charge in [-0.25, -0.2) is 4.79 Å². The Labute approximate surface area is 177 Å². The Morgan fingerprint density at radius 2 is 1.60 bits per heavy atom. The molecule has 1 N–H and O–H groups in total. The first-order valence-corrected chi connectivity index (χ1v) is 10.4. The van der Waals surface area contributed by atoms with Gasteiger partial charge >= 0.3 is 6.03 Å². The number of hydrogen-bond acceptors (Lipinski definition) is 3. The zero-order valence-electron chi connectivity index (χ0n) is 17.6. The summed E-state index contributed by atoms with van der Waals surface area (Å²) < 4.78 is 0. The predicted octanol–water partition coefficient (Wildman–Crippen LogP) is 3.22. The third-order valence-corrected chi connectivity index (χ3v) is 5.19. The normalized spacial score (nSPS) is 16.1. The molecule has 30 heavy (non-hydrogen) atoms. The monoisotopic (exact) mass is 407 g/mol. The Hall–Kier alpha value is -3.15. The van der Waals surface area contributed by atoms with Gasteiger partial charge in [-0.15, -0.1) is 0 Å². The first-order valence-electron chi connectivity index (χ1n) is 10.4. The highest BCUT2D eigenvalue weighted by Gasteiger charge is 2.39. The summed E-state index contributed by atoms with van der Waals surface area (Å²) in [6, 6.07) is 18.7. The maximum absolute atomic E-state index is 13.1. The van der Waals surface area contributed by atoms with Crippen LogP contribution < -0.4 is 5.32 Å². The van der Waals surface area contributed by atoms with Gasteiger partial charge < -0.3 is 10.2 Å². The van der Waals surface area contributed by atoms with Crippen LogP contribution in [0.1, 0.15) is 31.4 Å². The number of rotatable bonds is 9. The Bertz CT molecular complexity index is 868. The first-order chi connectivity index (χ1) is 14.4. The summed E-state index contributed by atoms with van der Waals surface area (Å²) in [6.07, 6.45) is 1.27. The highest BCUT2D eigenvalue weighted by molar-refractivity contribution is 6.06. The zero-order chi connectivity index (χ0) is 21.5. The summed E-state index contributed by atoms with van der Waals surface area (Å²) in [5, 5.41) is 2.70. The van der Waals surface area contributed by atoms with Crippen LogP contribution in [0.15, 0.2) is 60.7 Å². The van der Waals surface area contributed by atoms with Crippen molar-refractivity contribution in [1.29, 1.82) is 0 Å². The molecule has 2 aromatic rings. The highest BCUT2D eigenvalue weighted by Crippen LogP contribution is 2.15. The van der Waals surface area contributed by atoms with Gasteiger partial charge in [0.1, 0.15) is 12.6 Å². The minimum Gasteiger partial charge on any atom is -0.336 e. The molecule has 0 spiro atoms. The average molecular weight is 408 g/mol.